The molecule has 0 aliphatic heterocycles. The summed E-state index contributed by atoms with van der Waals surface area (Å²) in [7, 11) is 0. The number of Topliss-reactive ketones (excluding diaryl/α,β-unsaturated/α-hetero) is 1. The van der Waals surface area contributed by atoms with Crippen LogP contribution in [0.5, 0.6) is 0 Å². The highest BCUT2D eigenvalue weighted by Gasteiger charge is 2.20. The molecule has 0 spiro atoms. The molecule has 5 nitrogen and oxygen atoms in total. The lowest BCUT2D eigenvalue weighted by Gasteiger charge is -2.04. The van der Waals surface area contributed by atoms with Crippen molar-refractivity contribution >= 4 is 17.7 Å². The van der Waals surface area contributed by atoms with E-state index in [4.69, 9.17) is 10.2 Å². The average Bonchev–Trinajstić information content (AvgIpc) is 2.35. The summed E-state index contributed by atoms with van der Waals surface area (Å²) in [6.45, 7) is 1.17. The van der Waals surface area contributed by atoms with Gasteiger partial charge in [-0.3, -0.25) is 4.79 Å². The van der Waals surface area contributed by atoms with E-state index < -0.39 is 29.7 Å². The molecule has 1 aromatic carbocycles. The monoisotopic (exact) mass is 248 g/mol. The molecular formula is C13H12O5. The number of rotatable bonds is 5. The van der Waals surface area contributed by atoms with Crippen molar-refractivity contribution in [3.05, 3.63) is 47.0 Å². The van der Waals surface area contributed by atoms with Crippen molar-refractivity contribution in [2.24, 2.45) is 0 Å². The van der Waals surface area contributed by atoms with E-state index in [1.807, 2.05) is 0 Å². The van der Waals surface area contributed by atoms with E-state index in [9.17, 15) is 14.4 Å². The second kappa shape index (κ2) is 5.77. The minimum absolute atomic E-state index is 0.327. The molecule has 0 amide bonds. The highest BCUT2D eigenvalue weighted by molar-refractivity contribution is 6.06. The van der Waals surface area contributed by atoms with Crippen LogP contribution >= 0.6 is 0 Å². The van der Waals surface area contributed by atoms with Gasteiger partial charge < -0.3 is 10.2 Å². The largest absolute Gasteiger partial charge is 0.478 e. The quantitative estimate of drug-likeness (QED) is 0.611. The Labute approximate surface area is 103 Å². The van der Waals surface area contributed by atoms with Crippen molar-refractivity contribution < 1.29 is 24.6 Å². The minimum atomic E-state index is -1.39. The fourth-order valence-corrected chi connectivity index (χ4v) is 1.38. The van der Waals surface area contributed by atoms with Gasteiger partial charge in [0.15, 0.2) is 5.78 Å². The van der Waals surface area contributed by atoms with Crippen molar-refractivity contribution in [2.75, 3.05) is 0 Å². The van der Waals surface area contributed by atoms with E-state index in [-0.39, 0.29) is 5.57 Å². The van der Waals surface area contributed by atoms with Gasteiger partial charge in [0.1, 0.15) is 0 Å². The predicted octanol–water partition coefficient (Wildman–Crippen LogP) is 1.75. The Morgan fingerprint density at radius 2 is 1.56 bits per heavy atom. The van der Waals surface area contributed by atoms with Gasteiger partial charge in [-0.2, -0.15) is 0 Å². The van der Waals surface area contributed by atoms with Crippen molar-refractivity contribution in [1.82, 2.24) is 0 Å². The fraction of sp³-hybridized carbons (Fsp3) is 0.154. The van der Waals surface area contributed by atoms with Crippen LogP contribution in [-0.4, -0.2) is 27.9 Å². The number of carbonyl (C=O) groups excluding carboxylic acids is 1. The van der Waals surface area contributed by atoms with Gasteiger partial charge in [0.2, 0.25) is 0 Å². The second-order valence-electron chi connectivity index (χ2n) is 3.68. The summed E-state index contributed by atoms with van der Waals surface area (Å²) in [6, 6.07) is 8.14. The van der Waals surface area contributed by atoms with Crippen molar-refractivity contribution in [3.8, 4) is 0 Å². The SMILES string of the molecule is CC(C(=O)O)=C(CC(=O)c1ccccc1)C(=O)O. The number of aliphatic carboxylic acids is 2. The van der Waals surface area contributed by atoms with Crippen molar-refractivity contribution in [1.29, 1.82) is 0 Å². The number of carboxylic acids is 2. The summed E-state index contributed by atoms with van der Waals surface area (Å²) in [5.74, 6) is -3.15. The van der Waals surface area contributed by atoms with E-state index in [1.54, 1.807) is 30.3 Å². The highest BCUT2D eigenvalue weighted by atomic mass is 16.4. The van der Waals surface area contributed by atoms with Gasteiger partial charge in [0, 0.05) is 17.6 Å². The molecule has 0 bridgehead atoms. The third kappa shape index (κ3) is 3.28. The van der Waals surface area contributed by atoms with Crippen LogP contribution in [0.3, 0.4) is 0 Å². The molecule has 0 heterocycles. The van der Waals surface area contributed by atoms with Gasteiger partial charge in [0.25, 0.3) is 0 Å². The van der Waals surface area contributed by atoms with Crippen molar-refractivity contribution in [3.63, 3.8) is 0 Å². The maximum Gasteiger partial charge on any atom is 0.332 e. The lowest BCUT2D eigenvalue weighted by Crippen LogP contribution is -2.13. The van der Waals surface area contributed by atoms with Crippen LogP contribution in [0.1, 0.15) is 23.7 Å². The Morgan fingerprint density at radius 1 is 1.00 bits per heavy atom. The topological polar surface area (TPSA) is 91.7 Å². The molecule has 0 aliphatic carbocycles. The number of hydrogen-bond acceptors (Lipinski definition) is 3. The maximum absolute atomic E-state index is 11.8. The molecule has 1 aromatic rings. The molecule has 0 aromatic heterocycles. The molecule has 0 radical (unpaired) electrons. The molecule has 0 unspecified atom stereocenters. The lowest BCUT2D eigenvalue weighted by atomic mass is 9.99. The molecule has 0 aliphatic rings. The van der Waals surface area contributed by atoms with Crippen LogP contribution in [0.25, 0.3) is 0 Å². The molecule has 0 saturated carbocycles. The molecule has 0 saturated heterocycles. The lowest BCUT2D eigenvalue weighted by molar-refractivity contribution is -0.135. The van der Waals surface area contributed by atoms with Crippen LogP contribution < -0.4 is 0 Å². The molecule has 18 heavy (non-hydrogen) atoms. The van der Waals surface area contributed by atoms with Crippen LogP contribution in [-0.2, 0) is 9.59 Å². The van der Waals surface area contributed by atoms with E-state index in [0.717, 1.165) is 0 Å². The normalized spacial score (nSPS) is 11.6. The predicted molar refractivity (Wildman–Crippen MR) is 63.4 cm³/mol. The first-order chi connectivity index (χ1) is 8.43. The summed E-state index contributed by atoms with van der Waals surface area (Å²) in [4.78, 5) is 33.5. The van der Waals surface area contributed by atoms with E-state index in [2.05, 4.69) is 0 Å². The maximum atomic E-state index is 11.8. The summed E-state index contributed by atoms with van der Waals surface area (Å²) < 4.78 is 0. The highest BCUT2D eigenvalue weighted by Crippen LogP contribution is 2.14. The average molecular weight is 248 g/mol. The number of hydrogen-bond donors (Lipinski definition) is 2. The Morgan fingerprint density at radius 3 is 2.00 bits per heavy atom. The van der Waals surface area contributed by atoms with Gasteiger partial charge in [-0.05, 0) is 6.92 Å². The zero-order valence-electron chi connectivity index (χ0n) is 9.71. The van der Waals surface area contributed by atoms with E-state index >= 15 is 0 Å². The number of ketones is 1. The first-order valence-corrected chi connectivity index (χ1v) is 5.18. The first kappa shape index (κ1) is 13.6. The zero-order valence-corrected chi connectivity index (χ0v) is 9.71. The molecule has 0 atom stereocenters. The van der Waals surface area contributed by atoms with Crippen LogP contribution in [0, 0.1) is 0 Å². The molecule has 94 valence electrons. The Balaban J connectivity index is 3.01. The Hall–Kier alpha value is -2.43. The summed E-state index contributed by atoms with van der Waals surface area (Å²) in [5.41, 5.74) is -0.363. The summed E-state index contributed by atoms with van der Waals surface area (Å²) in [6.07, 6.45) is -0.433. The standard InChI is InChI=1S/C13H12O5/c1-8(12(15)16)10(13(17)18)7-11(14)9-5-3-2-4-6-9/h2-6H,7H2,1H3,(H,15,16)(H,17,18). The number of carboxylic acid groups (broad SMARTS) is 2. The smallest absolute Gasteiger partial charge is 0.332 e. The molecule has 1 rings (SSSR count). The molecule has 0 fully saturated rings. The number of benzene rings is 1. The Kier molecular flexibility index (Phi) is 4.37. The third-order valence-electron chi connectivity index (χ3n) is 2.46. The van der Waals surface area contributed by atoms with E-state index in [1.165, 1.54) is 6.92 Å². The summed E-state index contributed by atoms with van der Waals surface area (Å²) >= 11 is 0. The van der Waals surface area contributed by atoms with Gasteiger partial charge in [-0.15, -0.1) is 0 Å². The zero-order chi connectivity index (χ0) is 13.7. The first-order valence-electron chi connectivity index (χ1n) is 5.18. The van der Waals surface area contributed by atoms with Gasteiger partial charge in [0.05, 0.1) is 5.57 Å². The molecule has 2 N–H and O–H groups in total. The second-order valence-corrected chi connectivity index (χ2v) is 3.68. The fourth-order valence-electron chi connectivity index (χ4n) is 1.38. The Bertz CT molecular complexity index is 513. The number of carbonyl (C=O) groups is 3. The third-order valence-corrected chi connectivity index (χ3v) is 2.46. The van der Waals surface area contributed by atoms with Crippen LogP contribution in [0.4, 0.5) is 0 Å². The minimum Gasteiger partial charge on any atom is -0.478 e. The van der Waals surface area contributed by atoms with Gasteiger partial charge >= 0.3 is 11.9 Å². The van der Waals surface area contributed by atoms with Crippen molar-refractivity contribution in [2.45, 2.75) is 13.3 Å². The van der Waals surface area contributed by atoms with E-state index in [0.29, 0.717) is 5.56 Å². The van der Waals surface area contributed by atoms with Crippen LogP contribution in [0.15, 0.2) is 41.5 Å². The molecule has 5 heteroatoms. The van der Waals surface area contributed by atoms with Gasteiger partial charge in [-0.25, -0.2) is 9.59 Å². The summed E-state index contributed by atoms with van der Waals surface area (Å²) in [5, 5.41) is 17.7. The molecular weight excluding hydrogens is 236 g/mol. The van der Waals surface area contributed by atoms with Gasteiger partial charge in [-0.1, -0.05) is 30.3 Å². The van der Waals surface area contributed by atoms with Crippen LogP contribution in [0.2, 0.25) is 0 Å².